The van der Waals surface area contributed by atoms with Gasteiger partial charge < -0.3 is 139 Å². The number of ether oxygens (including phenoxy) is 11. The molecule has 498 valence electrons. The molecule has 9 fully saturated rings. The molecule has 4 saturated carbocycles. The molecular formula is C57H91O30+. The molecule has 4 aliphatic carbocycles. The molecule has 9 aliphatic rings. The molecule has 5 heterocycles. The van der Waals surface area contributed by atoms with Crippen LogP contribution in [0.3, 0.4) is 0 Å². The van der Waals surface area contributed by atoms with Crippen LogP contribution in [-0.2, 0) is 57.0 Å². The average molecular weight is 1260 g/mol. The van der Waals surface area contributed by atoms with Crippen molar-refractivity contribution in [3.05, 3.63) is 24.3 Å². The van der Waals surface area contributed by atoms with Crippen LogP contribution >= 0.6 is 0 Å². The van der Waals surface area contributed by atoms with Crippen LogP contribution in [0.2, 0.25) is 0 Å². The van der Waals surface area contributed by atoms with Gasteiger partial charge in [-0.3, -0.25) is 0 Å². The fourth-order valence-corrected chi connectivity index (χ4v) is 13.6. The predicted octanol–water partition coefficient (Wildman–Crippen LogP) is -6.72. The van der Waals surface area contributed by atoms with E-state index < -0.39 is 227 Å². The number of allylic oxidation sites excluding steroid dienone is 2. The first-order chi connectivity index (χ1) is 41.3. The summed E-state index contributed by atoms with van der Waals surface area (Å²) in [6.07, 6.45) is -34.4. The van der Waals surface area contributed by atoms with Crippen LogP contribution < -0.4 is 0 Å². The Kier molecular flexibility index (Phi) is 24.0. The number of carbonyl (C=O) groups excluding carboxylic acids is 2. The molecule has 0 aromatic carbocycles. The second kappa shape index (κ2) is 30.4. The fraction of sp³-hybridized carbons (Fsp3) is 0.895. The highest BCUT2D eigenvalue weighted by Crippen LogP contribution is 2.45. The number of aliphatic hydroxyl groups excluding tert-OH is 17. The van der Waals surface area contributed by atoms with Crippen molar-refractivity contribution in [1.82, 2.24) is 0 Å². The average Bonchev–Trinajstić information content (AvgIpc) is 1.05. The first kappa shape index (κ1) is 68.7. The van der Waals surface area contributed by atoms with Gasteiger partial charge in [0.05, 0.1) is 55.3 Å². The fourth-order valence-electron chi connectivity index (χ4n) is 13.6. The summed E-state index contributed by atoms with van der Waals surface area (Å²) in [6, 6.07) is 0. The van der Waals surface area contributed by atoms with Gasteiger partial charge in [-0.25, -0.2) is 9.59 Å². The van der Waals surface area contributed by atoms with E-state index >= 15 is 0 Å². The van der Waals surface area contributed by atoms with Crippen LogP contribution in [0.15, 0.2) is 24.3 Å². The first-order valence-electron chi connectivity index (χ1n) is 30.5. The summed E-state index contributed by atoms with van der Waals surface area (Å²) in [6.45, 7) is -0.367. The Morgan fingerprint density at radius 3 is 1.39 bits per heavy atom. The lowest BCUT2D eigenvalue weighted by atomic mass is 9.72. The maximum atomic E-state index is 12.7. The summed E-state index contributed by atoms with van der Waals surface area (Å²) in [5.74, 6) is -3.10. The third kappa shape index (κ3) is 16.6. The molecule has 0 bridgehead atoms. The van der Waals surface area contributed by atoms with Crippen molar-refractivity contribution < 1.29 is 149 Å². The smallest absolute Gasteiger partial charge is 0.330 e. The van der Waals surface area contributed by atoms with Crippen molar-refractivity contribution in [3.8, 4) is 0 Å². The second-order valence-corrected chi connectivity index (χ2v) is 25.2. The Morgan fingerprint density at radius 2 is 0.885 bits per heavy atom. The molecule has 5 aliphatic heterocycles. The zero-order valence-corrected chi connectivity index (χ0v) is 48.2. The maximum absolute atomic E-state index is 12.7. The van der Waals surface area contributed by atoms with Crippen LogP contribution in [0.5, 0.6) is 0 Å². The number of esters is 2. The number of fused-ring (bicyclic) bond motifs is 1. The van der Waals surface area contributed by atoms with Gasteiger partial charge in [-0.15, -0.1) is 0 Å². The first-order valence-corrected chi connectivity index (χ1v) is 30.5. The van der Waals surface area contributed by atoms with E-state index in [1.165, 1.54) is 19.1 Å². The Balaban J connectivity index is 0.898. The van der Waals surface area contributed by atoms with Crippen LogP contribution in [-0.4, -0.2) is 307 Å². The monoisotopic (exact) mass is 1260 g/mol. The quantitative estimate of drug-likeness (QED) is 0.0345. The number of rotatable bonds is 18. The standard InChI is InChI=1S/C57H90O30/c1-22-40(64)45(69)49(73)54(80-22)79-21-37-44(68)48(72)52(76)57(87-37)84-34-18-29-30(60)16-28(81-55-50(74)46(70)42(66)35(85-55)19-77-38(62)12-6-23-2-8-26(58)9-3-23)17-32(29)82-53(34)25-14-31(61)41(65)33(15-25)83-56-51(75)47(71)43(67)36(86-56)20-78-39(63)13-7-24-4-10-27(59)11-5-24/h6-7,12-13,22-37,40-61,64-76H,2-5,8-11,14-21H2,1H3/p+1. The molecule has 30 unspecified atom stereocenters. The van der Waals surface area contributed by atoms with Gasteiger partial charge in [0, 0.05) is 30.9 Å². The summed E-state index contributed by atoms with van der Waals surface area (Å²) in [7, 11) is 0. The number of aliphatic hydroxyl groups is 19. The second-order valence-electron chi connectivity index (χ2n) is 25.2. The van der Waals surface area contributed by atoms with Crippen molar-refractivity contribution in [3.63, 3.8) is 0 Å². The normalized spacial score (nSPS) is 50.1. The minimum Gasteiger partial charge on any atom is -0.460 e. The third-order valence-electron chi connectivity index (χ3n) is 19.0. The van der Waals surface area contributed by atoms with E-state index in [2.05, 4.69) is 0 Å². The lowest BCUT2D eigenvalue weighted by molar-refractivity contribution is -0.369. The van der Waals surface area contributed by atoms with Crippen molar-refractivity contribution in [1.29, 1.82) is 0 Å². The Morgan fingerprint density at radius 1 is 0.437 bits per heavy atom. The van der Waals surface area contributed by atoms with Gasteiger partial charge in [0.15, 0.2) is 37.4 Å². The molecule has 0 amide bonds. The summed E-state index contributed by atoms with van der Waals surface area (Å²) in [5.41, 5.74) is 0. The highest BCUT2D eigenvalue weighted by molar-refractivity contribution is 5.82. The molecule has 0 aromatic rings. The minimum atomic E-state index is -1.95. The number of hydrogen-bond acceptors (Lipinski definition) is 29. The van der Waals surface area contributed by atoms with Gasteiger partial charge in [0.1, 0.15) is 117 Å². The summed E-state index contributed by atoms with van der Waals surface area (Å²) in [4.78, 5) is 25.5. The van der Waals surface area contributed by atoms with E-state index in [4.69, 9.17) is 52.1 Å². The van der Waals surface area contributed by atoms with E-state index in [1.54, 1.807) is 12.2 Å². The van der Waals surface area contributed by atoms with E-state index in [0.717, 1.165) is 0 Å². The molecule has 0 aromatic heterocycles. The molecule has 30 nitrogen and oxygen atoms in total. The van der Waals surface area contributed by atoms with Gasteiger partial charge in [-0.05, 0) is 89.4 Å². The van der Waals surface area contributed by atoms with Gasteiger partial charge in [-0.1, -0.05) is 12.2 Å². The number of hydrogen-bond donors (Lipinski definition) is 17. The largest absolute Gasteiger partial charge is 0.460 e. The van der Waals surface area contributed by atoms with E-state index in [0.29, 0.717) is 51.4 Å². The molecule has 18 N–H and O–H groups in total. The number of carbonyl (C=O) groups is 2. The maximum Gasteiger partial charge on any atom is 0.330 e. The van der Waals surface area contributed by atoms with Crippen molar-refractivity contribution >= 4 is 11.9 Å². The molecule has 9 rings (SSSR count). The van der Waals surface area contributed by atoms with Crippen LogP contribution in [0.1, 0.15) is 90.4 Å². The van der Waals surface area contributed by atoms with Gasteiger partial charge >= 0.3 is 11.9 Å². The minimum absolute atomic E-state index is 0.0116. The van der Waals surface area contributed by atoms with Crippen LogP contribution in [0, 0.1) is 23.7 Å². The molecule has 30 atom stereocenters. The molecule has 5 saturated heterocycles. The lowest BCUT2D eigenvalue weighted by Gasteiger charge is -2.50. The van der Waals surface area contributed by atoms with Gasteiger partial charge in [0.2, 0.25) is 0 Å². The Labute approximate surface area is 501 Å². The van der Waals surface area contributed by atoms with Gasteiger partial charge in [-0.2, -0.15) is 0 Å². The van der Waals surface area contributed by atoms with Gasteiger partial charge in [0.25, 0.3) is 0 Å². The Bertz CT molecular complexity index is 2230. The van der Waals surface area contributed by atoms with Crippen LogP contribution in [0.4, 0.5) is 0 Å². The van der Waals surface area contributed by atoms with Crippen molar-refractivity contribution in [2.75, 3.05) is 19.8 Å². The van der Waals surface area contributed by atoms with E-state index in [1.807, 2.05) is 0 Å². The van der Waals surface area contributed by atoms with Crippen molar-refractivity contribution in [2.45, 2.75) is 274 Å². The third-order valence-corrected chi connectivity index (χ3v) is 19.0. The highest BCUT2D eigenvalue weighted by atomic mass is 16.7. The molecule has 30 heteroatoms. The zero-order chi connectivity index (χ0) is 62.7. The summed E-state index contributed by atoms with van der Waals surface area (Å²) in [5, 5.41) is 185. The topological polar surface area (TPSA) is 483 Å². The predicted molar refractivity (Wildman–Crippen MR) is 287 cm³/mol. The SMILES string of the molecule is CC1OC(OCC2OC(OC3CC4C(O)CC(OC5OC(COC(=O)C=CC6CCC(O)CC6)C(O)C(O)C5O)CC4[OH+]C3C3CC(O)C(O)C(OC4OC(COC(=O)C=CC5CCC(O)CC5)C(O)C(O)C4O)C3)C(O)C(O)C2O)C(O)C(O)C1O. The highest BCUT2D eigenvalue weighted by Gasteiger charge is 2.58. The Hall–Kier alpha value is -2.62. The van der Waals surface area contributed by atoms with E-state index in [-0.39, 0.29) is 43.9 Å². The molecule has 87 heavy (non-hydrogen) atoms. The van der Waals surface area contributed by atoms with Crippen molar-refractivity contribution in [2.24, 2.45) is 23.7 Å². The molecular weight excluding hydrogens is 1160 g/mol. The summed E-state index contributed by atoms with van der Waals surface area (Å²) < 4.78 is 63.6. The van der Waals surface area contributed by atoms with Crippen LogP contribution in [0.25, 0.3) is 0 Å². The molecule has 0 radical (unpaired) electrons. The van der Waals surface area contributed by atoms with E-state index in [9.17, 15) is 96.4 Å². The summed E-state index contributed by atoms with van der Waals surface area (Å²) >= 11 is 0. The molecule has 0 spiro atoms. The zero-order valence-electron chi connectivity index (χ0n) is 48.2. The lowest BCUT2D eigenvalue weighted by Crippen LogP contribution is -2.64.